The van der Waals surface area contributed by atoms with E-state index < -0.39 is 10.8 Å². The summed E-state index contributed by atoms with van der Waals surface area (Å²) in [6.45, 7) is 4.24. The maximum atomic E-state index is 12.6. The lowest BCUT2D eigenvalue weighted by Gasteiger charge is -2.22. The minimum Gasteiger partial charge on any atom is -0.377 e. The molecule has 3 rings (SSSR count). The fraction of sp³-hybridized carbons (Fsp3) is 0.824. The quantitative estimate of drug-likeness (QED) is 0.466. The maximum absolute atomic E-state index is 12.6. The van der Waals surface area contributed by atoms with Gasteiger partial charge in [0.1, 0.15) is 6.17 Å². The van der Waals surface area contributed by atoms with Gasteiger partial charge in [-0.15, -0.1) is 10.2 Å². The molecule has 1 aromatic rings. The second-order valence-corrected chi connectivity index (χ2v) is 9.75. The third-order valence-corrected chi connectivity index (χ3v) is 7.53. The first-order valence-electron chi connectivity index (χ1n) is 9.71. The molecule has 0 bridgehead atoms. The van der Waals surface area contributed by atoms with Crippen molar-refractivity contribution in [2.75, 3.05) is 37.4 Å². The summed E-state index contributed by atoms with van der Waals surface area (Å²) in [5.41, 5.74) is 0. The summed E-state index contributed by atoms with van der Waals surface area (Å²) in [6, 6.07) is -0.115. The van der Waals surface area contributed by atoms with Crippen molar-refractivity contribution in [3.05, 3.63) is 0 Å². The van der Waals surface area contributed by atoms with E-state index >= 15 is 0 Å². The number of hydrogen-bond donors (Lipinski definition) is 1. The van der Waals surface area contributed by atoms with Crippen molar-refractivity contribution in [1.82, 2.24) is 20.4 Å². The highest BCUT2D eigenvalue weighted by atomic mass is 32.2. The van der Waals surface area contributed by atoms with Crippen LogP contribution < -0.4 is 10.2 Å². The molecule has 3 heterocycles. The van der Waals surface area contributed by atoms with E-state index in [4.69, 9.17) is 4.74 Å². The van der Waals surface area contributed by atoms with E-state index in [1.54, 1.807) is 16.8 Å². The van der Waals surface area contributed by atoms with Crippen LogP contribution >= 0.6 is 11.3 Å². The van der Waals surface area contributed by atoms with E-state index in [9.17, 15) is 9.00 Å². The van der Waals surface area contributed by atoms with E-state index in [1.807, 2.05) is 0 Å². The number of nitrogens with one attached hydrogen (secondary N) is 1. The van der Waals surface area contributed by atoms with Crippen molar-refractivity contribution in [1.29, 1.82) is 0 Å². The molecule has 0 saturated carbocycles. The summed E-state index contributed by atoms with van der Waals surface area (Å²) in [5.74, 6) is 0.600. The van der Waals surface area contributed by atoms with Gasteiger partial charge in [0.05, 0.1) is 23.4 Å². The molecule has 152 valence electrons. The van der Waals surface area contributed by atoms with Gasteiger partial charge in [-0.2, -0.15) is 0 Å². The molecule has 8 nitrogen and oxygen atoms in total. The summed E-state index contributed by atoms with van der Waals surface area (Å²) >= 11 is 1.25. The van der Waals surface area contributed by atoms with Crippen molar-refractivity contribution in [3.8, 4) is 0 Å². The number of anilines is 1. The summed E-state index contributed by atoms with van der Waals surface area (Å²) in [4.78, 5) is 15.9. The Hall–Kier alpha value is -1.10. The second-order valence-electron chi connectivity index (χ2n) is 7.05. The molecular weight excluding hydrogens is 386 g/mol. The predicted octanol–water partition coefficient (Wildman–Crippen LogP) is 2.19. The van der Waals surface area contributed by atoms with Crippen LogP contribution in [0, 0.1) is 0 Å². The molecule has 3 unspecified atom stereocenters. The van der Waals surface area contributed by atoms with Crippen LogP contribution in [0.15, 0.2) is 4.34 Å². The van der Waals surface area contributed by atoms with Gasteiger partial charge in [0.15, 0.2) is 0 Å². The number of hydrogen-bond acceptors (Lipinski definition) is 7. The van der Waals surface area contributed by atoms with Crippen LogP contribution in [0.1, 0.15) is 45.4 Å². The van der Waals surface area contributed by atoms with Gasteiger partial charge in [0, 0.05) is 26.0 Å². The zero-order chi connectivity index (χ0) is 19.2. The Labute approximate surface area is 167 Å². The van der Waals surface area contributed by atoms with Crippen molar-refractivity contribution >= 4 is 33.3 Å². The Morgan fingerprint density at radius 2 is 2.19 bits per heavy atom. The Kier molecular flexibility index (Phi) is 7.57. The first kappa shape index (κ1) is 20.6. The lowest BCUT2D eigenvalue weighted by atomic mass is 10.2. The Morgan fingerprint density at radius 3 is 2.93 bits per heavy atom. The van der Waals surface area contributed by atoms with Crippen LogP contribution in [0.5, 0.6) is 0 Å². The highest BCUT2D eigenvalue weighted by Crippen LogP contribution is 2.28. The van der Waals surface area contributed by atoms with Crippen LogP contribution in [-0.2, 0) is 15.5 Å². The standard InChI is InChI=1S/C17H29N5O3S2/c1-3-4-5-6-10-27(24)16-20-19-15(26-16)22-14(12-21(2)17(22)23)18-11-13-8-7-9-25-13/h13-14,18H,3-12H2,1-2H3. The third-order valence-electron chi connectivity index (χ3n) is 4.88. The lowest BCUT2D eigenvalue weighted by Crippen LogP contribution is -2.47. The number of urea groups is 1. The zero-order valence-corrected chi connectivity index (χ0v) is 17.7. The Morgan fingerprint density at radius 1 is 1.33 bits per heavy atom. The number of aromatic nitrogens is 2. The van der Waals surface area contributed by atoms with E-state index in [0.717, 1.165) is 45.1 Å². The van der Waals surface area contributed by atoms with Gasteiger partial charge < -0.3 is 9.64 Å². The molecule has 10 heteroatoms. The molecule has 1 N–H and O–H groups in total. The first-order valence-corrected chi connectivity index (χ1v) is 11.8. The van der Waals surface area contributed by atoms with Gasteiger partial charge in [0.2, 0.25) is 9.47 Å². The molecule has 2 aliphatic heterocycles. The molecule has 3 atom stereocenters. The number of carbonyl (C=O) groups excluding carboxylic acids is 1. The number of ether oxygens (including phenoxy) is 1. The van der Waals surface area contributed by atoms with E-state index in [-0.39, 0.29) is 18.3 Å². The number of unbranched alkanes of at least 4 members (excludes halogenated alkanes) is 3. The average Bonchev–Trinajstić information content (AvgIpc) is 3.39. The molecule has 0 aliphatic carbocycles. The smallest absolute Gasteiger partial charge is 0.327 e. The number of amides is 2. The largest absolute Gasteiger partial charge is 0.377 e. The number of nitrogens with zero attached hydrogens (tertiary/aromatic N) is 4. The molecule has 2 saturated heterocycles. The summed E-state index contributed by atoms with van der Waals surface area (Å²) in [7, 11) is 0.625. The normalized spacial score (nSPS) is 24.1. The van der Waals surface area contributed by atoms with Crippen molar-refractivity contribution < 1.29 is 13.7 Å². The fourth-order valence-electron chi connectivity index (χ4n) is 3.32. The maximum Gasteiger partial charge on any atom is 0.327 e. The zero-order valence-electron chi connectivity index (χ0n) is 16.1. The summed E-state index contributed by atoms with van der Waals surface area (Å²) in [5, 5.41) is 12.2. The van der Waals surface area contributed by atoms with E-state index in [1.165, 1.54) is 11.3 Å². The molecule has 0 radical (unpaired) electrons. The second kappa shape index (κ2) is 9.90. The van der Waals surface area contributed by atoms with E-state index in [0.29, 0.717) is 28.3 Å². The predicted molar refractivity (Wildman–Crippen MR) is 107 cm³/mol. The van der Waals surface area contributed by atoms with Crippen LogP contribution in [0.2, 0.25) is 0 Å². The van der Waals surface area contributed by atoms with Crippen molar-refractivity contribution in [3.63, 3.8) is 0 Å². The first-order chi connectivity index (χ1) is 13.1. The van der Waals surface area contributed by atoms with Crippen LogP contribution in [0.4, 0.5) is 9.93 Å². The van der Waals surface area contributed by atoms with Gasteiger partial charge in [-0.25, -0.2) is 4.79 Å². The number of carbonyl (C=O) groups is 1. The molecule has 27 heavy (non-hydrogen) atoms. The molecule has 0 spiro atoms. The number of likely N-dealkylation sites (N-methyl/N-ethyl adjacent to an activating group) is 1. The average molecular weight is 416 g/mol. The van der Waals surface area contributed by atoms with Gasteiger partial charge >= 0.3 is 6.03 Å². The van der Waals surface area contributed by atoms with Crippen LogP contribution in [0.3, 0.4) is 0 Å². The minimum absolute atomic E-state index is 0.115. The Balaban J connectivity index is 1.61. The Bertz CT molecular complexity index is 650. The van der Waals surface area contributed by atoms with Crippen LogP contribution in [-0.4, -0.2) is 70.1 Å². The van der Waals surface area contributed by atoms with Gasteiger partial charge in [-0.1, -0.05) is 37.5 Å². The van der Waals surface area contributed by atoms with Crippen molar-refractivity contribution in [2.24, 2.45) is 0 Å². The highest BCUT2D eigenvalue weighted by Gasteiger charge is 2.38. The summed E-state index contributed by atoms with van der Waals surface area (Å²) < 4.78 is 18.6. The third kappa shape index (κ3) is 5.24. The summed E-state index contributed by atoms with van der Waals surface area (Å²) in [6.07, 6.45) is 6.47. The SMILES string of the molecule is CCCCCCS(=O)c1nnc(N2C(=O)N(C)CC2NCC2CCCO2)s1. The van der Waals surface area contributed by atoms with E-state index in [2.05, 4.69) is 22.4 Å². The monoisotopic (exact) mass is 415 g/mol. The topological polar surface area (TPSA) is 87.7 Å². The van der Waals surface area contributed by atoms with Gasteiger partial charge in [-0.3, -0.25) is 14.4 Å². The molecular formula is C17H29N5O3S2. The van der Waals surface area contributed by atoms with Crippen molar-refractivity contribution in [2.45, 2.75) is 62.1 Å². The molecule has 2 aliphatic rings. The number of rotatable bonds is 10. The van der Waals surface area contributed by atoms with Gasteiger partial charge in [-0.05, 0) is 19.3 Å². The van der Waals surface area contributed by atoms with Crippen LogP contribution in [0.25, 0.3) is 0 Å². The molecule has 1 aromatic heterocycles. The molecule has 2 amide bonds. The lowest BCUT2D eigenvalue weighted by molar-refractivity contribution is 0.107. The highest BCUT2D eigenvalue weighted by molar-refractivity contribution is 7.87. The fourth-order valence-corrected chi connectivity index (χ4v) is 5.56. The molecule has 2 fully saturated rings. The molecule has 0 aromatic carbocycles. The van der Waals surface area contributed by atoms with Gasteiger partial charge in [0.25, 0.3) is 0 Å². The minimum atomic E-state index is -1.15.